The van der Waals surface area contributed by atoms with Crippen molar-refractivity contribution in [2.45, 2.75) is 25.7 Å². The zero-order valence-electron chi connectivity index (χ0n) is 13.2. The first-order valence-electron chi connectivity index (χ1n) is 8.35. The number of aliphatic imine (C=N–C) groups is 1. The average Bonchev–Trinajstić information content (AvgIpc) is 3.07. The number of amidine groups is 1. The van der Waals surface area contributed by atoms with E-state index >= 15 is 0 Å². The predicted molar refractivity (Wildman–Crippen MR) is 92.9 cm³/mol. The number of carbonyl (C=O) groups excluding carboxylic acids is 1. The molecule has 23 heavy (non-hydrogen) atoms. The van der Waals surface area contributed by atoms with Gasteiger partial charge in [-0.2, -0.15) is 0 Å². The number of amides is 1. The van der Waals surface area contributed by atoms with E-state index in [0.29, 0.717) is 5.70 Å². The number of thiophene rings is 1. The molecule has 4 heterocycles. The van der Waals surface area contributed by atoms with Gasteiger partial charge in [-0.25, -0.2) is 4.99 Å². The van der Waals surface area contributed by atoms with Gasteiger partial charge >= 0.3 is 0 Å². The molecule has 0 bridgehead atoms. The Morgan fingerprint density at radius 2 is 2.00 bits per heavy atom. The second-order valence-corrected chi connectivity index (χ2v) is 7.19. The van der Waals surface area contributed by atoms with Crippen LogP contribution in [-0.2, 0) is 9.53 Å². The number of morpholine rings is 1. The molecule has 0 radical (unpaired) electrons. The molecule has 4 rings (SSSR count). The van der Waals surface area contributed by atoms with Crippen molar-refractivity contribution in [3.8, 4) is 0 Å². The molecule has 6 heteroatoms. The lowest BCUT2D eigenvalue weighted by molar-refractivity contribution is -0.122. The van der Waals surface area contributed by atoms with Gasteiger partial charge in [0.05, 0.1) is 18.2 Å². The molecular weight excluding hydrogens is 310 g/mol. The minimum absolute atomic E-state index is 0.0724. The Kier molecular flexibility index (Phi) is 4.18. The maximum absolute atomic E-state index is 12.5. The predicted octanol–water partition coefficient (Wildman–Crippen LogP) is 2.74. The average molecular weight is 331 g/mol. The molecule has 5 nitrogen and oxygen atoms in total. The normalized spacial score (nSPS) is 23.9. The molecule has 1 aromatic heterocycles. The van der Waals surface area contributed by atoms with Crippen molar-refractivity contribution in [1.29, 1.82) is 0 Å². The third-order valence-corrected chi connectivity index (χ3v) is 5.61. The van der Waals surface area contributed by atoms with E-state index in [-0.39, 0.29) is 5.91 Å². The molecule has 0 N–H and O–H groups in total. The van der Waals surface area contributed by atoms with Crippen LogP contribution in [0.2, 0.25) is 0 Å². The zero-order valence-corrected chi connectivity index (χ0v) is 14.0. The minimum Gasteiger partial charge on any atom is -0.378 e. The summed E-state index contributed by atoms with van der Waals surface area (Å²) in [6, 6.07) is 4.22. The number of fused-ring (bicyclic) bond motifs is 1. The summed E-state index contributed by atoms with van der Waals surface area (Å²) in [5.41, 5.74) is 0.595. The molecule has 0 saturated carbocycles. The van der Waals surface area contributed by atoms with E-state index in [2.05, 4.69) is 22.0 Å². The number of carbonyl (C=O) groups is 1. The van der Waals surface area contributed by atoms with Gasteiger partial charge in [0.15, 0.2) is 0 Å². The highest BCUT2D eigenvalue weighted by molar-refractivity contribution is 7.16. The van der Waals surface area contributed by atoms with Crippen molar-refractivity contribution < 1.29 is 9.53 Å². The van der Waals surface area contributed by atoms with Gasteiger partial charge in [-0.05, 0) is 31.1 Å². The fourth-order valence-electron chi connectivity index (χ4n) is 3.26. The number of hydrogen-bond donors (Lipinski definition) is 0. The summed E-state index contributed by atoms with van der Waals surface area (Å²) in [4.78, 5) is 22.4. The largest absolute Gasteiger partial charge is 0.378 e. The van der Waals surface area contributed by atoms with Gasteiger partial charge in [-0.3, -0.25) is 9.69 Å². The fraction of sp³-hybridized carbons (Fsp3) is 0.529. The maximum Gasteiger partial charge on any atom is 0.277 e. The van der Waals surface area contributed by atoms with Crippen molar-refractivity contribution in [3.05, 3.63) is 22.7 Å². The first-order valence-corrected chi connectivity index (χ1v) is 9.16. The van der Waals surface area contributed by atoms with Crippen LogP contribution in [0.4, 0.5) is 5.00 Å². The lowest BCUT2D eigenvalue weighted by atomic mass is 10.2. The van der Waals surface area contributed by atoms with E-state index in [4.69, 9.17) is 4.74 Å². The molecule has 0 atom stereocenters. The molecule has 2 saturated heterocycles. The number of rotatable bonds is 2. The summed E-state index contributed by atoms with van der Waals surface area (Å²) in [5, 5.41) is 1.24. The van der Waals surface area contributed by atoms with Gasteiger partial charge in [0.2, 0.25) is 0 Å². The Balaban J connectivity index is 1.54. The number of hydrogen-bond acceptors (Lipinski definition) is 5. The summed E-state index contributed by atoms with van der Waals surface area (Å²) in [6.07, 6.45) is 6.27. The first-order chi connectivity index (χ1) is 11.3. The third kappa shape index (κ3) is 3.05. The van der Waals surface area contributed by atoms with Crippen molar-refractivity contribution in [2.75, 3.05) is 37.7 Å². The summed E-state index contributed by atoms with van der Waals surface area (Å²) < 4.78 is 5.40. The molecular formula is C17H21N3O2S. The minimum atomic E-state index is 0.0724. The van der Waals surface area contributed by atoms with Crippen LogP contribution in [0.25, 0.3) is 6.08 Å². The van der Waals surface area contributed by atoms with Crippen LogP contribution in [0.1, 0.15) is 30.6 Å². The van der Waals surface area contributed by atoms with Crippen molar-refractivity contribution in [3.63, 3.8) is 0 Å². The van der Waals surface area contributed by atoms with Gasteiger partial charge in [-0.1, -0.05) is 6.42 Å². The van der Waals surface area contributed by atoms with E-state index in [1.54, 1.807) is 11.3 Å². The highest BCUT2D eigenvalue weighted by Crippen LogP contribution is 2.30. The lowest BCUT2D eigenvalue weighted by Gasteiger charge is -2.27. The van der Waals surface area contributed by atoms with Crippen molar-refractivity contribution in [2.24, 2.45) is 4.99 Å². The Morgan fingerprint density at radius 3 is 2.87 bits per heavy atom. The van der Waals surface area contributed by atoms with Crippen LogP contribution in [0.15, 0.2) is 22.8 Å². The van der Waals surface area contributed by atoms with Crippen LogP contribution in [0.5, 0.6) is 0 Å². The number of nitrogens with zero attached hydrogens (tertiary/aromatic N) is 3. The van der Waals surface area contributed by atoms with Gasteiger partial charge in [-0.15, -0.1) is 11.3 Å². The van der Waals surface area contributed by atoms with Crippen LogP contribution in [0.3, 0.4) is 0 Å². The summed E-state index contributed by atoms with van der Waals surface area (Å²) in [7, 11) is 0. The van der Waals surface area contributed by atoms with Crippen molar-refractivity contribution >= 4 is 34.2 Å². The zero-order chi connectivity index (χ0) is 15.6. The molecule has 2 fully saturated rings. The lowest BCUT2D eigenvalue weighted by Crippen LogP contribution is -2.35. The van der Waals surface area contributed by atoms with Crippen LogP contribution in [0, 0.1) is 0 Å². The molecule has 0 spiro atoms. The Labute approximate surface area is 140 Å². The van der Waals surface area contributed by atoms with Gasteiger partial charge in [0, 0.05) is 30.9 Å². The maximum atomic E-state index is 12.5. The molecule has 3 aliphatic rings. The summed E-state index contributed by atoms with van der Waals surface area (Å²) in [6.45, 7) is 4.26. The van der Waals surface area contributed by atoms with E-state index in [1.807, 2.05) is 11.0 Å². The Bertz CT molecular complexity index is 659. The fourth-order valence-corrected chi connectivity index (χ4v) is 4.25. The highest BCUT2D eigenvalue weighted by Gasteiger charge is 2.30. The van der Waals surface area contributed by atoms with Crippen LogP contribution in [-0.4, -0.2) is 49.5 Å². The third-order valence-electron chi connectivity index (χ3n) is 4.52. The van der Waals surface area contributed by atoms with Gasteiger partial charge in [0.1, 0.15) is 11.5 Å². The van der Waals surface area contributed by atoms with Crippen molar-refractivity contribution in [1.82, 2.24) is 4.90 Å². The summed E-state index contributed by atoms with van der Waals surface area (Å²) >= 11 is 1.72. The standard InChI is InChI=1S/C17H21N3O2S/c21-17-14(18-15-4-2-1-3-7-20(15)17)12-13-5-6-16(23-13)19-8-10-22-11-9-19/h5-6,12H,1-4,7-11H2. The van der Waals surface area contributed by atoms with E-state index in [1.165, 1.54) is 11.4 Å². The molecule has 3 aliphatic heterocycles. The first kappa shape index (κ1) is 14.9. The highest BCUT2D eigenvalue weighted by atomic mass is 32.1. The van der Waals surface area contributed by atoms with Crippen LogP contribution < -0.4 is 4.90 Å². The smallest absolute Gasteiger partial charge is 0.277 e. The summed E-state index contributed by atoms with van der Waals surface area (Å²) in [5.74, 6) is 1.03. The van der Waals surface area contributed by atoms with Crippen LogP contribution >= 0.6 is 11.3 Å². The second kappa shape index (κ2) is 6.45. The van der Waals surface area contributed by atoms with Gasteiger partial charge in [0.25, 0.3) is 5.91 Å². The molecule has 122 valence electrons. The van der Waals surface area contributed by atoms with E-state index < -0.39 is 0 Å². The molecule has 1 amide bonds. The Hall–Kier alpha value is -1.66. The van der Waals surface area contributed by atoms with Gasteiger partial charge < -0.3 is 9.64 Å². The monoisotopic (exact) mass is 331 g/mol. The molecule has 1 aromatic rings. The Morgan fingerprint density at radius 1 is 1.13 bits per heavy atom. The second-order valence-electron chi connectivity index (χ2n) is 6.10. The molecule has 0 unspecified atom stereocenters. The number of anilines is 1. The number of ether oxygens (including phenoxy) is 1. The SMILES string of the molecule is O=C1C(=Cc2ccc(N3CCOCC3)s2)N=C2CCCCCN12. The van der Waals surface area contributed by atoms with E-state index in [9.17, 15) is 4.79 Å². The quantitative estimate of drug-likeness (QED) is 0.783. The molecule has 0 aliphatic carbocycles. The molecule has 0 aromatic carbocycles. The topological polar surface area (TPSA) is 45.1 Å². The van der Waals surface area contributed by atoms with E-state index in [0.717, 1.165) is 62.8 Å².